The summed E-state index contributed by atoms with van der Waals surface area (Å²) in [5.41, 5.74) is 0.968. The quantitative estimate of drug-likeness (QED) is 0.742. The first-order valence-corrected chi connectivity index (χ1v) is 7.44. The fourth-order valence-corrected chi connectivity index (χ4v) is 2.57. The normalized spacial score (nSPS) is 11.6. The average Bonchev–Trinajstić information content (AvgIpc) is 2.85. The first-order chi connectivity index (χ1) is 10.1. The first-order valence-electron chi connectivity index (χ1n) is 6.62. The summed E-state index contributed by atoms with van der Waals surface area (Å²) in [7, 11) is 3.17. The summed E-state index contributed by atoms with van der Waals surface area (Å²) in [6.45, 7) is 2.78. The monoisotopic (exact) mass is 311 g/mol. The molecule has 0 radical (unpaired) electrons. The SMILES string of the molecule is COCC(CNC(=O)c1cc(C)c(C#CCCO)s1)OC. The van der Waals surface area contributed by atoms with E-state index in [2.05, 4.69) is 17.2 Å². The lowest BCUT2D eigenvalue weighted by Crippen LogP contribution is -2.35. The topological polar surface area (TPSA) is 67.8 Å². The van der Waals surface area contributed by atoms with Gasteiger partial charge in [0.1, 0.15) is 0 Å². The fourth-order valence-electron chi connectivity index (χ4n) is 1.61. The van der Waals surface area contributed by atoms with Crippen LogP contribution in [0, 0.1) is 18.8 Å². The van der Waals surface area contributed by atoms with Crippen LogP contribution in [0.15, 0.2) is 6.07 Å². The van der Waals surface area contributed by atoms with Crippen molar-refractivity contribution in [2.24, 2.45) is 0 Å². The molecule has 0 bridgehead atoms. The van der Waals surface area contributed by atoms with E-state index < -0.39 is 0 Å². The lowest BCUT2D eigenvalue weighted by molar-refractivity contribution is 0.0286. The summed E-state index contributed by atoms with van der Waals surface area (Å²) in [5.74, 6) is 5.69. The van der Waals surface area contributed by atoms with Crippen molar-refractivity contribution >= 4 is 17.2 Å². The molecule has 0 spiro atoms. The third-order valence-corrected chi connectivity index (χ3v) is 3.91. The number of hydrogen-bond donors (Lipinski definition) is 2. The summed E-state index contributed by atoms with van der Waals surface area (Å²) in [4.78, 5) is 13.6. The van der Waals surface area contributed by atoms with Crippen LogP contribution in [0.3, 0.4) is 0 Å². The molecule has 0 aliphatic heterocycles. The van der Waals surface area contributed by atoms with Crippen LogP contribution in [0.5, 0.6) is 0 Å². The molecule has 1 amide bonds. The number of carbonyl (C=O) groups is 1. The molecule has 6 heteroatoms. The minimum absolute atomic E-state index is 0.0443. The Hall–Kier alpha value is -1.39. The van der Waals surface area contributed by atoms with Gasteiger partial charge in [-0.1, -0.05) is 11.8 Å². The highest BCUT2D eigenvalue weighted by molar-refractivity contribution is 7.14. The maximum absolute atomic E-state index is 12.1. The Morgan fingerprint density at radius 3 is 2.90 bits per heavy atom. The number of thiophene rings is 1. The van der Waals surface area contributed by atoms with Crippen molar-refractivity contribution in [1.82, 2.24) is 5.32 Å². The van der Waals surface area contributed by atoms with E-state index in [-0.39, 0.29) is 18.6 Å². The van der Waals surface area contributed by atoms with Gasteiger partial charge < -0.3 is 19.9 Å². The van der Waals surface area contributed by atoms with Crippen LogP contribution in [-0.4, -0.2) is 51.1 Å². The van der Waals surface area contributed by atoms with Crippen LogP contribution in [0.4, 0.5) is 0 Å². The molecule has 0 aliphatic rings. The molecule has 1 aromatic rings. The first kappa shape index (κ1) is 17.7. The van der Waals surface area contributed by atoms with Gasteiger partial charge in [0.2, 0.25) is 0 Å². The molecule has 0 aromatic carbocycles. The second-order valence-corrected chi connectivity index (χ2v) is 5.47. The van der Waals surface area contributed by atoms with Gasteiger partial charge in [0.15, 0.2) is 0 Å². The van der Waals surface area contributed by atoms with Gasteiger partial charge in [-0.15, -0.1) is 11.3 Å². The molecule has 5 nitrogen and oxygen atoms in total. The highest BCUT2D eigenvalue weighted by Gasteiger charge is 2.14. The Balaban J connectivity index is 2.63. The molecule has 21 heavy (non-hydrogen) atoms. The van der Waals surface area contributed by atoms with E-state index in [9.17, 15) is 4.79 Å². The maximum Gasteiger partial charge on any atom is 0.261 e. The summed E-state index contributed by atoms with van der Waals surface area (Å²) in [5, 5.41) is 11.5. The number of amides is 1. The molecule has 1 atom stereocenters. The number of nitrogens with one attached hydrogen (secondary N) is 1. The molecular weight excluding hydrogens is 290 g/mol. The minimum atomic E-state index is -0.163. The van der Waals surface area contributed by atoms with Crippen molar-refractivity contribution in [3.63, 3.8) is 0 Å². The number of methoxy groups -OCH3 is 2. The van der Waals surface area contributed by atoms with E-state index in [4.69, 9.17) is 14.6 Å². The largest absolute Gasteiger partial charge is 0.395 e. The fraction of sp³-hybridized carbons (Fsp3) is 0.533. The van der Waals surface area contributed by atoms with Gasteiger partial charge in [-0.3, -0.25) is 4.79 Å². The van der Waals surface area contributed by atoms with Gasteiger partial charge in [0.25, 0.3) is 5.91 Å². The summed E-state index contributed by atoms with van der Waals surface area (Å²) < 4.78 is 10.2. The zero-order chi connectivity index (χ0) is 15.7. The molecular formula is C15H21NO4S. The molecule has 0 saturated heterocycles. The van der Waals surface area contributed by atoms with Gasteiger partial charge in [0, 0.05) is 27.2 Å². The summed E-state index contributed by atoms with van der Waals surface area (Å²) in [6, 6.07) is 1.82. The van der Waals surface area contributed by atoms with Crippen LogP contribution >= 0.6 is 11.3 Å². The van der Waals surface area contributed by atoms with E-state index in [1.165, 1.54) is 11.3 Å². The zero-order valence-corrected chi connectivity index (χ0v) is 13.4. The third kappa shape index (κ3) is 5.86. The lowest BCUT2D eigenvalue weighted by Gasteiger charge is -2.14. The Labute approximate surface area is 129 Å². The van der Waals surface area contributed by atoms with Crippen molar-refractivity contribution in [1.29, 1.82) is 0 Å². The molecule has 2 N–H and O–H groups in total. The highest BCUT2D eigenvalue weighted by Crippen LogP contribution is 2.20. The zero-order valence-electron chi connectivity index (χ0n) is 12.6. The smallest absolute Gasteiger partial charge is 0.261 e. The average molecular weight is 311 g/mol. The van der Waals surface area contributed by atoms with Crippen LogP contribution in [0.1, 0.15) is 26.5 Å². The van der Waals surface area contributed by atoms with Gasteiger partial charge in [-0.25, -0.2) is 0 Å². The van der Waals surface area contributed by atoms with Crippen LogP contribution < -0.4 is 5.32 Å². The number of carbonyl (C=O) groups excluding carboxylic acids is 1. The second kappa shape index (κ2) is 9.53. The van der Waals surface area contributed by atoms with E-state index in [1.54, 1.807) is 14.2 Å². The summed E-state index contributed by atoms with van der Waals surface area (Å²) >= 11 is 1.35. The number of aliphatic hydroxyl groups excluding tert-OH is 1. The van der Waals surface area contributed by atoms with E-state index in [0.29, 0.717) is 24.4 Å². The Morgan fingerprint density at radius 1 is 1.52 bits per heavy atom. The number of ether oxygens (including phenoxy) is 2. The van der Waals surface area contributed by atoms with Gasteiger partial charge in [0.05, 0.1) is 29.1 Å². The Kier molecular flexibility index (Phi) is 8.01. The van der Waals surface area contributed by atoms with E-state index >= 15 is 0 Å². The molecule has 1 rings (SSSR count). The highest BCUT2D eigenvalue weighted by atomic mass is 32.1. The molecule has 0 aliphatic carbocycles. The maximum atomic E-state index is 12.1. The van der Waals surface area contributed by atoms with Crippen LogP contribution in [-0.2, 0) is 9.47 Å². The third-order valence-electron chi connectivity index (χ3n) is 2.76. The summed E-state index contributed by atoms with van der Waals surface area (Å²) in [6.07, 6.45) is 0.273. The van der Waals surface area contributed by atoms with Crippen molar-refractivity contribution < 1.29 is 19.4 Å². The molecule has 0 fully saturated rings. The van der Waals surface area contributed by atoms with Crippen molar-refractivity contribution in [3.8, 4) is 11.8 Å². The Morgan fingerprint density at radius 2 is 2.29 bits per heavy atom. The Bertz CT molecular complexity index is 515. The number of aliphatic hydroxyl groups is 1. The van der Waals surface area contributed by atoms with Gasteiger partial charge >= 0.3 is 0 Å². The van der Waals surface area contributed by atoms with Gasteiger partial charge in [-0.2, -0.15) is 0 Å². The van der Waals surface area contributed by atoms with E-state index in [1.807, 2.05) is 13.0 Å². The molecule has 0 saturated carbocycles. The van der Waals surface area contributed by atoms with Gasteiger partial charge in [-0.05, 0) is 18.6 Å². The number of aryl methyl sites for hydroxylation is 1. The standard InChI is InChI=1S/C15H21NO4S/c1-11-8-14(21-13(11)6-4-5-7-17)15(18)16-9-12(20-3)10-19-2/h8,12,17H,5,7,9-10H2,1-3H3,(H,16,18). The van der Waals surface area contributed by atoms with E-state index in [0.717, 1.165) is 10.4 Å². The minimum Gasteiger partial charge on any atom is -0.395 e. The molecule has 1 heterocycles. The van der Waals surface area contributed by atoms with Crippen molar-refractivity contribution in [2.45, 2.75) is 19.4 Å². The number of rotatable bonds is 7. The number of hydrogen-bond acceptors (Lipinski definition) is 5. The van der Waals surface area contributed by atoms with Crippen molar-refractivity contribution in [3.05, 3.63) is 21.4 Å². The predicted octanol–water partition coefficient (Wildman–Crippen LogP) is 1.18. The predicted molar refractivity (Wildman–Crippen MR) is 82.6 cm³/mol. The van der Waals surface area contributed by atoms with Crippen molar-refractivity contribution in [2.75, 3.05) is 34.0 Å². The van der Waals surface area contributed by atoms with Crippen LogP contribution in [0.2, 0.25) is 0 Å². The molecule has 116 valence electrons. The molecule has 1 aromatic heterocycles. The lowest BCUT2D eigenvalue weighted by atomic mass is 10.2. The molecule has 1 unspecified atom stereocenters. The second-order valence-electron chi connectivity index (χ2n) is 4.42. The van der Waals surface area contributed by atoms with Crippen LogP contribution in [0.25, 0.3) is 0 Å².